The van der Waals surface area contributed by atoms with E-state index in [4.69, 9.17) is 5.11 Å². The molecular weight excluding hydrogens is 288 g/mol. The Bertz CT molecular complexity index is 621. The number of likely N-dealkylation sites (tertiary alicyclic amines) is 1. The fraction of sp³-hybridized carbons (Fsp3) is 0.467. The van der Waals surface area contributed by atoms with Gasteiger partial charge in [0.05, 0.1) is 10.5 Å². The van der Waals surface area contributed by atoms with Crippen molar-refractivity contribution in [1.29, 1.82) is 0 Å². The first-order valence-electron chi connectivity index (χ1n) is 6.96. The summed E-state index contributed by atoms with van der Waals surface area (Å²) >= 11 is 0. The molecule has 0 bridgehead atoms. The number of hydrogen-bond acceptors (Lipinski definition) is 4. The van der Waals surface area contributed by atoms with Gasteiger partial charge in [0.2, 0.25) is 0 Å². The van der Waals surface area contributed by atoms with Crippen LogP contribution < -0.4 is 0 Å². The lowest BCUT2D eigenvalue weighted by atomic mass is 9.97. The van der Waals surface area contributed by atoms with E-state index in [2.05, 4.69) is 0 Å². The van der Waals surface area contributed by atoms with Crippen LogP contribution in [0.4, 0.5) is 5.69 Å². The Morgan fingerprint density at radius 2 is 1.91 bits per heavy atom. The standard InChI is InChI=1S/C15H18N2O5/c1-9-7-15(2,3)16(8-9)13(18)10-4-11(14(19)20)6-12(5-10)17(21)22/h4-6,9H,7-8H2,1-3H3,(H,19,20). The van der Waals surface area contributed by atoms with Crippen LogP contribution in [0.5, 0.6) is 0 Å². The highest BCUT2D eigenvalue weighted by Crippen LogP contribution is 2.34. The molecule has 1 N–H and O–H groups in total. The number of carboxylic acid groups (broad SMARTS) is 1. The molecule has 1 atom stereocenters. The second kappa shape index (κ2) is 5.40. The number of nitrogens with zero attached hydrogens (tertiary/aromatic N) is 2. The highest BCUT2D eigenvalue weighted by atomic mass is 16.6. The molecule has 1 aromatic carbocycles. The van der Waals surface area contributed by atoms with Crippen LogP contribution in [0.2, 0.25) is 0 Å². The number of amides is 1. The molecule has 1 aromatic rings. The highest BCUT2D eigenvalue weighted by Gasteiger charge is 2.40. The second-order valence-corrected chi connectivity index (χ2v) is 6.37. The smallest absolute Gasteiger partial charge is 0.335 e. The first kappa shape index (κ1) is 15.9. The molecule has 2 rings (SSSR count). The molecule has 1 saturated heterocycles. The van der Waals surface area contributed by atoms with Gasteiger partial charge in [-0.25, -0.2) is 4.79 Å². The minimum absolute atomic E-state index is 0.0359. The van der Waals surface area contributed by atoms with Crippen LogP contribution >= 0.6 is 0 Å². The van der Waals surface area contributed by atoms with E-state index < -0.39 is 16.6 Å². The number of rotatable bonds is 3. The summed E-state index contributed by atoms with van der Waals surface area (Å²) in [4.78, 5) is 35.7. The van der Waals surface area contributed by atoms with Crippen molar-refractivity contribution in [2.45, 2.75) is 32.7 Å². The normalized spacial score (nSPS) is 20.0. The molecule has 0 saturated carbocycles. The summed E-state index contributed by atoms with van der Waals surface area (Å²) in [6, 6.07) is 3.28. The maximum Gasteiger partial charge on any atom is 0.335 e. The van der Waals surface area contributed by atoms with E-state index in [1.165, 1.54) is 6.07 Å². The lowest BCUT2D eigenvalue weighted by molar-refractivity contribution is -0.384. The van der Waals surface area contributed by atoms with E-state index in [-0.39, 0.29) is 22.6 Å². The summed E-state index contributed by atoms with van der Waals surface area (Å²) in [5, 5.41) is 20.0. The largest absolute Gasteiger partial charge is 0.478 e. The van der Waals surface area contributed by atoms with Gasteiger partial charge in [-0.2, -0.15) is 0 Å². The molecular formula is C15H18N2O5. The molecule has 1 aliphatic heterocycles. The molecule has 0 spiro atoms. The number of benzene rings is 1. The predicted octanol–water partition coefficient (Wildman–Crippen LogP) is 2.55. The number of nitro groups is 1. The van der Waals surface area contributed by atoms with Gasteiger partial charge >= 0.3 is 5.97 Å². The molecule has 1 aliphatic rings. The third-order valence-corrected chi connectivity index (χ3v) is 3.94. The second-order valence-electron chi connectivity index (χ2n) is 6.37. The van der Waals surface area contributed by atoms with E-state index >= 15 is 0 Å². The van der Waals surface area contributed by atoms with Gasteiger partial charge < -0.3 is 10.0 Å². The van der Waals surface area contributed by atoms with Crippen molar-refractivity contribution in [3.05, 3.63) is 39.4 Å². The molecule has 22 heavy (non-hydrogen) atoms. The Morgan fingerprint density at radius 1 is 1.32 bits per heavy atom. The molecule has 1 heterocycles. The van der Waals surface area contributed by atoms with Crippen molar-refractivity contribution in [2.24, 2.45) is 5.92 Å². The zero-order valence-electron chi connectivity index (χ0n) is 12.7. The SMILES string of the molecule is CC1CN(C(=O)c2cc(C(=O)O)cc([N+](=O)[O-])c2)C(C)(C)C1. The minimum Gasteiger partial charge on any atom is -0.478 e. The number of carbonyl (C=O) groups is 2. The van der Waals surface area contributed by atoms with Crippen molar-refractivity contribution in [1.82, 2.24) is 4.90 Å². The van der Waals surface area contributed by atoms with E-state index in [0.29, 0.717) is 12.5 Å². The summed E-state index contributed by atoms with van der Waals surface area (Å²) in [5.74, 6) is -1.34. The van der Waals surface area contributed by atoms with Gasteiger partial charge in [0, 0.05) is 29.8 Å². The van der Waals surface area contributed by atoms with E-state index in [1.54, 1.807) is 4.90 Å². The summed E-state index contributed by atoms with van der Waals surface area (Å²) in [5.41, 5.74) is -0.977. The van der Waals surface area contributed by atoms with Gasteiger partial charge in [-0.05, 0) is 32.3 Å². The van der Waals surface area contributed by atoms with Crippen LogP contribution in [0.25, 0.3) is 0 Å². The third-order valence-electron chi connectivity index (χ3n) is 3.94. The van der Waals surface area contributed by atoms with Crippen molar-refractivity contribution >= 4 is 17.6 Å². The predicted molar refractivity (Wildman–Crippen MR) is 79.0 cm³/mol. The lowest BCUT2D eigenvalue weighted by Crippen LogP contribution is -2.42. The van der Waals surface area contributed by atoms with Gasteiger partial charge in [0.15, 0.2) is 0 Å². The van der Waals surface area contributed by atoms with Crippen molar-refractivity contribution in [3.63, 3.8) is 0 Å². The third kappa shape index (κ3) is 2.93. The lowest BCUT2D eigenvalue weighted by Gasteiger charge is -2.31. The summed E-state index contributed by atoms with van der Waals surface area (Å²) in [7, 11) is 0. The van der Waals surface area contributed by atoms with Crippen LogP contribution in [0.1, 0.15) is 47.9 Å². The van der Waals surface area contributed by atoms with E-state index in [0.717, 1.165) is 18.6 Å². The average molecular weight is 306 g/mol. The Labute approximate surface area is 127 Å². The highest BCUT2D eigenvalue weighted by molar-refractivity contribution is 5.99. The van der Waals surface area contributed by atoms with Crippen molar-refractivity contribution in [2.75, 3.05) is 6.54 Å². The Kier molecular flexibility index (Phi) is 3.91. The molecule has 7 nitrogen and oxygen atoms in total. The summed E-state index contributed by atoms with van der Waals surface area (Å²) in [6.45, 7) is 6.45. The number of carbonyl (C=O) groups excluding carboxylic acids is 1. The van der Waals surface area contributed by atoms with E-state index in [1.807, 2.05) is 20.8 Å². The Morgan fingerprint density at radius 3 is 2.36 bits per heavy atom. The van der Waals surface area contributed by atoms with Crippen LogP contribution in [-0.2, 0) is 0 Å². The maximum absolute atomic E-state index is 12.7. The molecule has 1 amide bonds. The monoisotopic (exact) mass is 306 g/mol. The topological polar surface area (TPSA) is 101 Å². The maximum atomic E-state index is 12.7. The van der Waals surface area contributed by atoms with Gasteiger partial charge in [-0.1, -0.05) is 6.92 Å². The zero-order chi connectivity index (χ0) is 16.7. The van der Waals surface area contributed by atoms with Gasteiger partial charge in [-0.15, -0.1) is 0 Å². The summed E-state index contributed by atoms with van der Waals surface area (Å²) < 4.78 is 0. The fourth-order valence-electron chi connectivity index (χ4n) is 3.06. The van der Waals surface area contributed by atoms with Gasteiger partial charge in [0.25, 0.3) is 11.6 Å². The molecule has 118 valence electrons. The first-order valence-corrected chi connectivity index (χ1v) is 6.96. The number of nitro benzene ring substituents is 1. The average Bonchev–Trinajstić information content (AvgIpc) is 2.70. The van der Waals surface area contributed by atoms with Crippen molar-refractivity contribution in [3.8, 4) is 0 Å². The molecule has 0 radical (unpaired) electrons. The van der Waals surface area contributed by atoms with Crippen molar-refractivity contribution < 1.29 is 19.6 Å². The van der Waals surface area contributed by atoms with Gasteiger partial charge in [-0.3, -0.25) is 14.9 Å². The quantitative estimate of drug-likeness (QED) is 0.683. The summed E-state index contributed by atoms with van der Waals surface area (Å²) in [6.07, 6.45) is 0.833. The fourth-order valence-corrected chi connectivity index (χ4v) is 3.06. The number of hydrogen-bond donors (Lipinski definition) is 1. The minimum atomic E-state index is -1.30. The molecule has 0 aromatic heterocycles. The number of carboxylic acids is 1. The Hall–Kier alpha value is -2.44. The molecule has 0 aliphatic carbocycles. The first-order chi connectivity index (χ1) is 10.1. The van der Waals surface area contributed by atoms with Gasteiger partial charge in [0.1, 0.15) is 0 Å². The molecule has 1 fully saturated rings. The molecule has 1 unspecified atom stereocenters. The number of aromatic carboxylic acids is 1. The Balaban J connectivity index is 2.45. The number of non-ortho nitro benzene ring substituents is 1. The zero-order valence-corrected chi connectivity index (χ0v) is 12.7. The van der Waals surface area contributed by atoms with E-state index in [9.17, 15) is 19.7 Å². The molecule has 7 heteroatoms. The van der Waals surface area contributed by atoms with Crippen LogP contribution in [0.3, 0.4) is 0 Å². The van der Waals surface area contributed by atoms with Crippen LogP contribution in [-0.4, -0.2) is 38.9 Å². The van der Waals surface area contributed by atoms with Crippen LogP contribution in [0, 0.1) is 16.0 Å². The van der Waals surface area contributed by atoms with Crippen LogP contribution in [0.15, 0.2) is 18.2 Å².